The van der Waals surface area contributed by atoms with Gasteiger partial charge in [-0.05, 0) is 59.7 Å². The van der Waals surface area contributed by atoms with Gasteiger partial charge < -0.3 is 5.32 Å². The van der Waals surface area contributed by atoms with Gasteiger partial charge >= 0.3 is 0 Å². The van der Waals surface area contributed by atoms with Gasteiger partial charge in [-0.1, -0.05) is 35.3 Å². The highest BCUT2D eigenvalue weighted by molar-refractivity contribution is 7.90. The summed E-state index contributed by atoms with van der Waals surface area (Å²) >= 11 is 24.9. The Balaban J connectivity index is 1.60. The van der Waals surface area contributed by atoms with Gasteiger partial charge in [0.1, 0.15) is 10.2 Å². The zero-order valence-electron chi connectivity index (χ0n) is 18.6. The van der Waals surface area contributed by atoms with Crippen LogP contribution in [0.2, 0.25) is 10.0 Å². The van der Waals surface area contributed by atoms with Crippen molar-refractivity contribution in [3.63, 3.8) is 0 Å². The van der Waals surface area contributed by atoms with E-state index < -0.39 is 43.5 Å². The molecule has 1 fully saturated rings. The summed E-state index contributed by atoms with van der Waals surface area (Å²) in [4.78, 5) is 25.9. The van der Waals surface area contributed by atoms with E-state index in [0.717, 1.165) is 6.26 Å². The second-order valence-electron chi connectivity index (χ2n) is 8.53. The van der Waals surface area contributed by atoms with E-state index in [9.17, 15) is 22.4 Å². The Kier molecular flexibility index (Phi) is 7.43. The standard InChI is InChI=1S/C25H18Cl4FNO4S/c1-36(34,35)21-7-6-18(12-19(21)20(32)8-13-2-4-17(30)5-3-13)31-24(33)23-22(25(23,28)29)14-9-15(26)11-16(27)10-14/h2-7,9-12,22-23H,8H2,1H3,(H,31,33). The van der Waals surface area contributed by atoms with Crippen molar-refractivity contribution in [3.05, 3.63) is 93.2 Å². The van der Waals surface area contributed by atoms with Crippen LogP contribution in [0.3, 0.4) is 0 Å². The van der Waals surface area contributed by atoms with Crippen molar-refractivity contribution in [3.8, 4) is 0 Å². The maximum Gasteiger partial charge on any atom is 0.231 e. The van der Waals surface area contributed by atoms with Crippen molar-refractivity contribution in [1.29, 1.82) is 0 Å². The summed E-state index contributed by atoms with van der Waals surface area (Å²) in [5, 5.41) is 3.40. The molecule has 0 saturated heterocycles. The number of carbonyl (C=O) groups is 2. The normalized spacial score (nSPS) is 18.5. The van der Waals surface area contributed by atoms with Crippen LogP contribution in [0.25, 0.3) is 0 Å². The van der Waals surface area contributed by atoms with Crippen molar-refractivity contribution < 1.29 is 22.4 Å². The summed E-state index contributed by atoms with van der Waals surface area (Å²) in [6.45, 7) is 0. The Hall–Kier alpha value is -2.16. The number of Topliss-reactive ketones (excluding diaryl/α,β-unsaturated/α-hetero) is 1. The van der Waals surface area contributed by atoms with Gasteiger partial charge in [-0.15, -0.1) is 23.2 Å². The van der Waals surface area contributed by atoms with Gasteiger partial charge in [-0.25, -0.2) is 12.8 Å². The van der Waals surface area contributed by atoms with Gasteiger partial charge in [0.2, 0.25) is 5.91 Å². The van der Waals surface area contributed by atoms with E-state index in [1.807, 2.05) is 0 Å². The number of halogens is 5. The minimum absolute atomic E-state index is 0.100. The SMILES string of the molecule is CS(=O)(=O)c1ccc(NC(=O)C2C(c3cc(Cl)cc(Cl)c3)C2(Cl)Cl)cc1C(=O)Cc1ccc(F)cc1. The van der Waals surface area contributed by atoms with E-state index in [1.165, 1.54) is 42.5 Å². The number of sulfone groups is 1. The predicted molar refractivity (Wildman–Crippen MR) is 140 cm³/mol. The maximum absolute atomic E-state index is 13.2. The van der Waals surface area contributed by atoms with E-state index in [1.54, 1.807) is 18.2 Å². The first-order valence-corrected chi connectivity index (χ1v) is 13.9. The molecule has 0 bridgehead atoms. The minimum Gasteiger partial charge on any atom is -0.326 e. The fourth-order valence-corrected chi connectivity index (χ4v) is 6.33. The van der Waals surface area contributed by atoms with Crippen LogP contribution in [-0.4, -0.2) is 30.7 Å². The van der Waals surface area contributed by atoms with Gasteiger partial charge in [-0.3, -0.25) is 9.59 Å². The van der Waals surface area contributed by atoms with Gasteiger partial charge in [0, 0.05) is 39.9 Å². The molecule has 0 aliphatic heterocycles. The first kappa shape index (κ1) is 26.9. The van der Waals surface area contributed by atoms with E-state index in [-0.39, 0.29) is 22.6 Å². The van der Waals surface area contributed by atoms with Crippen LogP contribution in [0.5, 0.6) is 0 Å². The third-order valence-electron chi connectivity index (χ3n) is 5.80. The molecule has 1 aliphatic carbocycles. The largest absolute Gasteiger partial charge is 0.326 e. The van der Waals surface area contributed by atoms with Crippen molar-refractivity contribution in [2.75, 3.05) is 11.6 Å². The first-order chi connectivity index (χ1) is 16.8. The van der Waals surface area contributed by atoms with Crippen molar-refractivity contribution in [1.82, 2.24) is 0 Å². The van der Waals surface area contributed by atoms with Crippen LogP contribution in [0.1, 0.15) is 27.4 Å². The maximum atomic E-state index is 13.2. The molecule has 5 nitrogen and oxygen atoms in total. The Morgan fingerprint density at radius 3 is 2.17 bits per heavy atom. The van der Waals surface area contributed by atoms with Crippen molar-refractivity contribution >= 4 is 73.6 Å². The molecule has 0 aromatic heterocycles. The monoisotopic (exact) mass is 587 g/mol. The van der Waals surface area contributed by atoms with Crippen LogP contribution in [0.15, 0.2) is 65.6 Å². The van der Waals surface area contributed by atoms with Crippen LogP contribution in [-0.2, 0) is 21.1 Å². The molecule has 36 heavy (non-hydrogen) atoms. The lowest BCUT2D eigenvalue weighted by Crippen LogP contribution is -2.18. The summed E-state index contributed by atoms with van der Waals surface area (Å²) in [5.74, 6) is -2.92. The Bertz CT molecular complexity index is 1460. The molecule has 3 aromatic rings. The molecule has 188 valence electrons. The quantitative estimate of drug-likeness (QED) is 0.253. The Labute approximate surface area is 227 Å². The van der Waals surface area contributed by atoms with E-state index >= 15 is 0 Å². The average molecular weight is 589 g/mol. The Morgan fingerprint density at radius 2 is 1.58 bits per heavy atom. The molecular weight excluding hydrogens is 571 g/mol. The summed E-state index contributed by atoms with van der Waals surface area (Å²) in [6.07, 6.45) is 0.822. The minimum atomic E-state index is -3.76. The zero-order chi connectivity index (χ0) is 26.4. The highest BCUT2D eigenvalue weighted by atomic mass is 35.5. The molecule has 1 amide bonds. The molecule has 11 heteroatoms. The smallest absolute Gasteiger partial charge is 0.231 e. The van der Waals surface area contributed by atoms with Gasteiger partial charge in [0.15, 0.2) is 15.6 Å². The van der Waals surface area contributed by atoms with E-state index in [4.69, 9.17) is 46.4 Å². The molecule has 2 unspecified atom stereocenters. The molecule has 1 aliphatic rings. The highest BCUT2D eigenvalue weighted by Crippen LogP contribution is 2.65. The number of ketones is 1. The zero-order valence-corrected chi connectivity index (χ0v) is 22.4. The molecule has 0 heterocycles. The van der Waals surface area contributed by atoms with Crippen LogP contribution < -0.4 is 5.32 Å². The van der Waals surface area contributed by atoms with Gasteiger partial charge in [0.05, 0.1) is 10.8 Å². The molecule has 0 radical (unpaired) electrons. The number of carbonyl (C=O) groups excluding carboxylic acids is 2. The van der Waals surface area contributed by atoms with Crippen LogP contribution >= 0.6 is 46.4 Å². The second kappa shape index (κ2) is 9.95. The number of hydrogen-bond donors (Lipinski definition) is 1. The summed E-state index contributed by atoms with van der Waals surface area (Å²) in [5.41, 5.74) is 1.19. The lowest BCUT2D eigenvalue weighted by molar-refractivity contribution is -0.117. The first-order valence-electron chi connectivity index (χ1n) is 10.5. The molecule has 3 aromatic carbocycles. The van der Waals surface area contributed by atoms with Gasteiger partial charge in [0.25, 0.3) is 0 Å². The molecule has 0 spiro atoms. The molecule has 1 N–H and O–H groups in total. The fourth-order valence-electron chi connectivity index (χ4n) is 4.07. The summed E-state index contributed by atoms with van der Waals surface area (Å²) in [6, 6.07) is 14.0. The fraction of sp³-hybridized carbons (Fsp3) is 0.200. The number of anilines is 1. The van der Waals surface area contributed by atoms with Crippen molar-refractivity contribution in [2.24, 2.45) is 5.92 Å². The molecule has 2 atom stereocenters. The molecule has 1 saturated carbocycles. The number of alkyl halides is 2. The summed E-state index contributed by atoms with van der Waals surface area (Å²) < 4.78 is 36.4. The third-order valence-corrected chi connectivity index (χ3v) is 8.34. The van der Waals surface area contributed by atoms with Crippen LogP contribution in [0, 0.1) is 11.7 Å². The second-order valence-corrected chi connectivity index (χ2v) is 12.8. The predicted octanol–water partition coefficient (Wildman–Crippen LogP) is 6.49. The lowest BCUT2D eigenvalue weighted by atomic mass is 10.0. The van der Waals surface area contributed by atoms with Crippen molar-refractivity contribution in [2.45, 2.75) is 21.6 Å². The topological polar surface area (TPSA) is 80.3 Å². The van der Waals surface area contributed by atoms with Crippen LogP contribution in [0.4, 0.5) is 10.1 Å². The van der Waals surface area contributed by atoms with Gasteiger partial charge in [-0.2, -0.15) is 0 Å². The highest BCUT2D eigenvalue weighted by Gasteiger charge is 2.67. The molecular formula is C25H18Cl4FNO4S. The summed E-state index contributed by atoms with van der Waals surface area (Å²) in [7, 11) is -3.76. The lowest BCUT2D eigenvalue weighted by Gasteiger charge is -2.12. The number of rotatable bonds is 7. The van der Waals surface area contributed by atoms with E-state index in [0.29, 0.717) is 21.2 Å². The number of benzene rings is 3. The number of amides is 1. The number of nitrogens with one attached hydrogen (secondary N) is 1. The number of hydrogen-bond acceptors (Lipinski definition) is 4. The average Bonchev–Trinajstić information content (AvgIpc) is 3.36. The Morgan fingerprint density at radius 1 is 0.972 bits per heavy atom. The third kappa shape index (κ3) is 5.71. The molecule has 4 rings (SSSR count). The van der Waals surface area contributed by atoms with E-state index in [2.05, 4.69) is 5.32 Å².